The number of hydrogen-bond donors (Lipinski definition) is 1. The van der Waals surface area contributed by atoms with Crippen LogP contribution < -0.4 is 4.74 Å². The molecule has 0 radical (unpaired) electrons. The van der Waals surface area contributed by atoms with Crippen molar-refractivity contribution in [3.05, 3.63) is 71.1 Å². The van der Waals surface area contributed by atoms with Crippen LogP contribution in [0.3, 0.4) is 0 Å². The van der Waals surface area contributed by atoms with Crippen molar-refractivity contribution in [2.45, 2.75) is 6.42 Å². The molecular formula is C25H23F2N3O5. The first-order valence-corrected chi connectivity index (χ1v) is 10.7. The number of benzene rings is 2. The van der Waals surface area contributed by atoms with Crippen LogP contribution in [-0.2, 0) is 22.9 Å². The standard InChI is InChI=1S/C25H23F2N3O5/c1-30-20-10-15(25(32)34-3)11-21(35-8-7-33-2)24(20)29-22(30)12-14-9-18(27)16(13-17(14)26)19-5-4-6-23(31)28-19/h4-6,9-11,13H,7-8,12H2,1-3H3,(H,28,31). The van der Waals surface area contributed by atoms with Gasteiger partial charge >= 0.3 is 5.97 Å². The van der Waals surface area contributed by atoms with E-state index in [0.717, 1.165) is 12.1 Å². The number of carbonyl (C=O) groups excluding carboxylic acids is 1. The molecule has 0 atom stereocenters. The van der Waals surface area contributed by atoms with E-state index in [-0.39, 0.29) is 41.3 Å². The highest BCUT2D eigenvalue weighted by atomic mass is 19.1. The highest BCUT2D eigenvalue weighted by molar-refractivity contribution is 5.96. The lowest BCUT2D eigenvalue weighted by Crippen LogP contribution is -2.07. The summed E-state index contributed by atoms with van der Waals surface area (Å²) in [6.45, 7) is 0.557. The first-order valence-electron chi connectivity index (χ1n) is 10.7. The van der Waals surface area contributed by atoms with Gasteiger partial charge in [0.05, 0.1) is 30.5 Å². The van der Waals surface area contributed by atoms with Gasteiger partial charge in [0.2, 0.25) is 5.88 Å². The molecular weight excluding hydrogens is 460 g/mol. The molecule has 0 bridgehead atoms. The van der Waals surface area contributed by atoms with E-state index >= 15 is 0 Å². The van der Waals surface area contributed by atoms with Gasteiger partial charge in [0.25, 0.3) is 0 Å². The third-order valence-corrected chi connectivity index (χ3v) is 5.51. The largest absolute Gasteiger partial charge is 0.493 e. The summed E-state index contributed by atoms with van der Waals surface area (Å²) in [6, 6.07) is 9.59. The lowest BCUT2D eigenvalue weighted by atomic mass is 10.0. The number of rotatable bonds is 8. The Morgan fingerprint density at radius 3 is 2.57 bits per heavy atom. The van der Waals surface area contributed by atoms with Crippen molar-refractivity contribution in [1.29, 1.82) is 0 Å². The number of carbonyl (C=O) groups is 1. The molecule has 4 aromatic rings. The van der Waals surface area contributed by atoms with Crippen molar-refractivity contribution in [3.8, 4) is 22.9 Å². The van der Waals surface area contributed by atoms with E-state index < -0.39 is 17.6 Å². The average molecular weight is 483 g/mol. The van der Waals surface area contributed by atoms with Crippen LogP contribution in [0.5, 0.6) is 11.6 Å². The molecule has 0 amide bonds. The van der Waals surface area contributed by atoms with Crippen molar-refractivity contribution in [3.63, 3.8) is 0 Å². The van der Waals surface area contributed by atoms with E-state index in [1.54, 1.807) is 17.7 Å². The topological polar surface area (TPSA) is 95.7 Å². The minimum Gasteiger partial charge on any atom is -0.493 e. The summed E-state index contributed by atoms with van der Waals surface area (Å²) in [5.74, 6) is -1.39. The van der Waals surface area contributed by atoms with Gasteiger partial charge in [-0.1, -0.05) is 6.07 Å². The predicted molar refractivity (Wildman–Crippen MR) is 123 cm³/mol. The number of pyridine rings is 1. The number of nitrogens with zero attached hydrogens (tertiary/aromatic N) is 3. The highest BCUT2D eigenvalue weighted by Gasteiger charge is 2.20. The summed E-state index contributed by atoms with van der Waals surface area (Å²) in [5.41, 5.74) is 1.43. The normalized spacial score (nSPS) is 11.1. The maximum atomic E-state index is 15.0. The van der Waals surface area contributed by atoms with Gasteiger partial charge in [-0.15, -0.1) is 0 Å². The summed E-state index contributed by atoms with van der Waals surface area (Å²) in [6.07, 6.45) is -0.0211. The second kappa shape index (κ2) is 10.1. The van der Waals surface area contributed by atoms with Crippen LogP contribution in [0.25, 0.3) is 22.3 Å². The van der Waals surface area contributed by atoms with E-state index in [1.165, 1.54) is 38.5 Å². The molecule has 8 nitrogen and oxygen atoms in total. The molecule has 0 aliphatic carbocycles. The van der Waals surface area contributed by atoms with Crippen molar-refractivity contribution in [1.82, 2.24) is 14.5 Å². The second-order valence-corrected chi connectivity index (χ2v) is 7.74. The number of imidazole rings is 1. The Labute approximate surface area is 199 Å². The molecule has 2 heterocycles. The number of ether oxygens (including phenoxy) is 3. The van der Waals surface area contributed by atoms with Gasteiger partial charge < -0.3 is 23.9 Å². The van der Waals surface area contributed by atoms with E-state index in [9.17, 15) is 18.7 Å². The quantitative estimate of drug-likeness (QED) is 0.299. The fraction of sp³-hybridized carbons (Fsp3) is 0.240. The van der Waals surface area contributed by atoms with Gasteiger partial charge in [0.1, 0.15) is 35.3 Å². The second-order valence-electron chi connectivity index (χ2n) is 7.74. The van der Waals surface area contributed by atoms with Crippen LogP contribution in [0.15, 0.2) is 42.5 Å². The number of halogens is 2. The number of fused-ring (bicyclic) bond motifs is 1. The number of methoxy groups -OCH3 is 2. The maximum absolute atomic E-state index is 15.0. The van der Waals surface area contributed by atoms with Gasteiger partial charge in [-0.25, -0.2) is 23.5 Å². The monoisotopic (exact) mass is 483 g/mol. The first-order chi connectivity index (χ1) is 16.8. The minimum atomic E-state index is -0.685. The highest BCUT2D eigenvalue weighted by Crippen LogP contribution is 2.31. The Bertz CT molecular complexity index is 1400. The van der Waals surface area contributed by atoms with Crippen LogP contribution in [0.1, 0.15) is 21.7 Å². The van der Waals surface area contributed by atoms with Gasteiger partial charge in [-0.2, -0.15) is 0 Å². The van der Waals surface area contributed by atoms with E-state index in [0.29, 0.717) is 29.2 Å². The van der Waals surface area contributed by atoms with Gasteiger partial charge in [0, 0.05) is 32.2 Å². The number of aromatic nitrogens is 3. The van der Waals surface area contributed by atoms with Gasteiger partial charge in [-0.05, 0) is 35.9 Å². The Morgan fingerprint density at radius 2 is 1.86 bits per heavy atom. The third kappa shape index (κ3) is 4.92. The van der Waals surface area contributed by atoms with Crippen molar-refractivity contribution in [2.24, 2.45) is 7.05 Å². The number of esters is 1. The van der Waals surface area contributed by atoms with Crippen LogP contribution in [0.4, 0.5) is 8.78 Å². The van der Waals surface area contributed by atoms with Crippen LogP contribution >= 0.6 is 0 Å². The third-order valence-electron chi connectivity index (χ3n) is 5.51. The molecule has 0 fully saturated rings. The maximum Gasteiger partial charge on any atom is 0.338 e. The van der Waals surface area contributed by atoms with Crippen molar-refractivity contribution >= 4 is 17.0 Å². The fourth-order valence-electron chi connectivity index (χ4n) is 3.71. The molecule has 0 spiro atoms. The summed E-state index contributed by atoms with van der Waals surface area (Å²) < 4.78 is 47.2. The SMILES string of the molecule is COCCOc1cc(C(=O)OC)cc2c1nc(Cc1cc(F)c(-c3cccc(O)n3)cc1F)n2C. The van der Waals surface area contributed by atoms with Crippen molar-refractivity contribution < 1.29 is 32.9 Å². The molecule has 10 heteroatoms. The van der Waals surface area contributed by atoms with E-state index in [1.807, 2.05) is 0 Å². The van der Waals surface area contributed by atoms with Crippen LogP contribution in [0.2, 0.25) is 0 Å². The van der Waals surface area contributed by atoms with E-state index in [2.05, 4.69) is 9.97 Å². The zero-order chi connectivity index (χ0) is 25.1. The molecule has 1 N–H and O–H groups in total. The van der Waals surface area contributed by atoms with Gasteiger partial charge in [0.15, 0.2) is 0 Å². The predicted octanol–water partition coefficient (Wildman–Crippen LogP) is 4.02. The molecule has 4 rings (SSSR count). The molecule has 0 aliphatic heterocycles. The smallest absolute Gasteiger partial charge is 0.338 e. The first kappa shape index (κ1) is 24.1. The van der Waals surface area contributed by atoms with Gasteiger partial charge in [-0.3, -0.25) is 0 Å². The molecule has 0 saturated heterocycles. The lowest BCUT2D eigenvalue weighted by Gasteiger charge is -2.09. The lowest BCUT2D eigenvalue weighted by molar-refractivity contribution is 0.0600. The Hall–Kier alpha value is -4.05. The summed E-state index contributed by atoms with van der Waals surface area (Å²) in [7, 11) is 4.53. The summed E-state index contributed by atoms with van der Waals surface area (Å²) in [5, 5.41) is 9.56. The van der Waals surface area contributed by atoms with E-state index in [4.69, 9.17) is 14.2 Å². The molecule has 0 saturated carbocycles. The Balaban J connectivity index is 1.73. The average Bonchev–Trinajstić information content (AvgIpc) is 3.16. The zero-order valence-corrected chi connectivity index (χ0v) is 19.3. The minimum absolute atomic E-state index is 0.0211. The molecule has 35 heavy (non-hydrogen) atoms. The fourth-order valence-corrected chi connectivity index (χ4v) is 3.71. The molecule has 2 aromatic carbocycles. The van der Waals surface area contributed by atoms with Crippen molar-refractivity contribution in [2.75, 3.05) is 27.4 Å². The number of aryl methyl sites for hydroxylation is 1. The Morgan fingerprint density at radius 1 is 1.06 bits per heavy atom. The Kier molecular flexibility index (Phi) is 6.92. The summed E-state index contributed by atoms with van der Waals surface area (Å²) >= 11 is 0. The number of hydrogen-bond acceptors (Lipinski definition) is 7. The van der Waals surface area contributed by atoms with Crippen LogP contribution in [-0.4, -0.2) is 53.0 Å². The molecule has 182 valence electrons. The molecule has 0 unspecified atom stereocenters. The number of aromatic hydroxyl groups is 1. The van der Waals surface area contributed by atoms with Crippen LogP contribution in [0, 0.1) is 11.6 Å². The zero-order valence-electron chi connectivity index (χ0n) is 19.3. The summed E-state index contributed by atoms with van der Waals surface area (Å²) in [4.78, 5) is 20.6. The molecule has 2 aromatic heterocycles. The molecule has 0 aliphatic rings.